The third kappa shape index (κ3) is 2.25. The highest BCUT2D eigenvalue weighted by molar-refractivity contribution is 6.06. The van der Waals surface area contributed by atoms with Gasteiger partial charge in [-0.15, -0.1) is 0 Å². The second kappa shape index (κ2) is 5.12. The number of hydrogen-bond donors (Lipinski definition) is 2. The van der Waals surface area contributed by atoms with Gasteiger partial charge < -0.3 is 10.8 Å². The van der Waals surface area contributed by atoms with Crippen LogP contribution in [0.1, 0.15) is 6.92 Å². The quantitative estimate of drug-likeness (QED) is 0.351. The van der Waals surface area contributed by atoms with E-state index >= 15 is 0 Å². The number of rotatable bonds is 0. The molecule has 17 heavy (non-hydrogen) atoms. The van der Waals surface area contributed by atoms with Crippen LogP contribution in [0.5, 0.6) is 0 Å². The van der Waals surface area contributed by atoms with Crippen molar-refractivity contribution in [3.63, 3.8) is 0 Å². The maximum atomic E-state index is 4.60. The molecule has 0 saturated heterocycles. The fraction of sp³-hybridized carbons (Fsp3) is 0.0769. The van der Waals surface area contributed by atoms with Crippen molar-refractivity contribution in [1.82, 2.24) is 9.97 Å². The van der Waals surface area contributed by atoms with Crippen molar-refractivity contribution in [3.8, 4) is 0 Å². The van der Waals surface area contributed by atoms with Crippen LogP contribution in [-0.2, 0) is 0 Å². The first kappa shape index (κ1) is 11.1. The van der Waals surface area contributed by atoms with Crippen molar-refractivity contribution in [3.05, 3.63) is 42.7 Å². The summed E-state index contributed by atoms with van der Waals surface area (Å²) in [7, 11) is 0. The molecule has 0 aliphatic carbocycles. The molecule has 0 bridgehead atoms. The van der Waals surface area contributed by atoms with Gasteiger partial charge in [-0.1, -0.05) is 18.2 Å². The lowest BCUT2D eigenvalue weighted by Gasteiger charge is -1.87. The predicted octanol–water partition coefficient (Wildman–Crippen LogP) is 2.67. The highest BCUT2D eigenvalue weighted by Crippen LogP contribution is 2.23. The number of pyridine rings is 1. The Morgan fingerprint density at radius 3 is 2.65 bits per heavy atom. The van der Waals surface area contributed by atoms with Gasteiger partial charge in [-0.2, -0.15) is 5.10 Å². The van der Waals surface area contributed by atoms with E-state index in [1.807, 2.05) is 24.5 Å². The highest BCUT2D eigenvalue weighted by atomic mass is 15.1. The lowest BCUT2D eigenvalue weighted by Crippen LogP contribution is -1.74. The van der Waals surface area contributed by atoms with Crippen molar-refractivity contribution in [2.75, 3.05) is 0 Å². The second-order valence-electron chi connectivity index (χ2n) is 3.50. The molecule has 0 atom stereocenters. The molecule has 0 saturated carbocycles. The zero-order valence-corrected chi connectivity index (χ0v) is 9.59. The molecule has 0 aliphatic rings. The number of nitrogens with zero attached hydrogens (tertiary/aromatic N) is 2. The van der Waals surface area contributed by atoms with Gasteiger partial charge in [0.05, 0.1) is 11.7 Å². The number of nitrogens with one attached hydrogen (secondary N) is 1. The summed E-state index contributed by atoms with van der Waals surface area (Å²) in [6.45, 7) is 1.76. The Labute approximate surface area is 99.2 Å². The van der Waals surface area contributed by atoms with E-state index in [2.05, 4.69) is 39.1 Å². The van der Waals surface area contributed by atoms with Gasteiger partial charge >= 0.3 is 0 Å². The minimum Gasteiger partial charge on any atom is -0.353 e. The van der Waals surface area contributed by atoms with Crippen molar-refractivity contribution < 1.29 is 0 Å². The zero-order chi connectivity index (χ0) is 12.1. The number of nitrogens with two attached hydrogens (primary N) is 1. The number of H-pyrrole nitrogens is 1. The Kier molecular flexibility index (Phi) is 3.35. The summed E-state index contributed by atoms with van der Waals surface area (Å²) in [5, 5.41) is 5.62. The van der Waals surface area contributed by atoms with Crippen LogP contribution in [0.15, 0.2) is 47.8 Å². The fourth-order valence-electron chi connectivity index (χ4n) is 1.70. The smallest absolute Gasteiger partial charge is 0.0651 e. The first-order chi connectivity index (χ1) is 8.36. The Hall–Kier alpha value is -2.36. The number of benzene rings is 1. The van der Waals surface area contributed by atoms with Crippen LogP contribution in [0.25, 0.3) is 21.8 Å². The van der Waals surface area contributed by atoms with Gasteiger partial charge in [-0.3, -0.25) is 4.98 Å². The average Bonchev–Trinajstić information content (AvgIpc) is 2.77. The van der Waals surface area contributed by atoms with Crippen LogP contribution in [0.4, 0.5) is 0 Å². The lowest BCUT2D eigenvalue weighted by molar-refractivity contribution is 1.26. The Morgan fingerprint density at radius 1 is 1.18 bits per heavy atom. The molecule has 0 radical (unpaired) electrons. The molecule has 4 nitrogen and oxygen atoms in total. The van der Waals surface area contributed by atoms with Crippen LogP contribution in [0, 0.1) is 0 Å². The molecule has 0 spiro atoms. The molecule has 3 rings (SSSR count). The molecular weight excluding hydrogens is 212 g/mol. The maximum Gasteiger partial charge on any atom is 0.0651 e. The van der Waals surface area contributed by atoms with E-state index in [-0.39, 0.29) is 0 Å². The minimum absolute atomic E-state index is 1.10. The number of hydrazone groups is 1. The first-order valence-corrected chi connectivity index (χ1v) is 5.35. The molecule has 2 aromatic heterocycles. The van der Waals surface area contributed by atoms with Gasteiger partial charge in [0.1, 0.15) is 0 Å². The molecule has 0 unspecified atom stereocenters. The van der Waals surface area contributed by atoms with E-state index in [0.717, 1.165) is 5.52 Å². The molecule has 3 aromatic rings. The van der Waals surface area contributed by atoms with Gasteiger partial charge in [0.15, 0.2) is 0 Å². The van der Waals surface area contributed by atoms with Gasteiger partial charge in [0, 0.05) is 28.7 Å². The highest BCUT2D eigenvalue weighted by Gasteiger charge is 2.00. The van der Waals surface area contributed by atoms with Crippen LogP contribution in [0.2, 0.25) is 0 Å². The molecule has 0 amide bonds. The normalized spacial score (nSPS) is 10.6. The van der Waals surface area contributed by atoms with Crippen molar-refractivity contribution in [1.29, 1.82) is 0 Å². The van der Waals surface area contributed by atoms with E-state index in [0.29, 0.717) is 0 Å². The molecule has 0 aliphatic heterocycles. The molecule has 2 heterocycles. The Morgan fingerprint density at radius 2 is 1.88 bits per heavy atom. The lowest BCUT2D eigenvalue weighted by atomic mass is 10.2. The molecular formula is C13H14N4. The third-order valence-corrected chi connectivity index (χ3v) is 2.46. The molecule has 0 fully saturated rings. The van der Waals surface area contributed by atoms with Gasteiger partial charge in [-0.25, -0.2) is 0 Å². The number of aromatic nitrogens is 2. The topological polar surface area (TPSA) is 67.1 Å². The molecule has 86 valence electrons. The number of aromatic amines is 1. The molecule has 4 heteroatoms. The maximum absolute atomic E-state index is 4.60. The van der Waals surface area contributed by atoms with Crippen LogP contribution in [0.3, 0.4) is 0 Å². The van der Waals surface area contributed by atoms with E-state index in [1.165, 1.54) is 22.5 Å². The molecule has 1 aromatic carbocycles. The zero-order valence-electron chi connectivity index (χ0n) is 9.59. The largest absolute Gasteiger partial charge is 0.353 e. The van der Waals surface area contributed by atoms with Crippen LogP contribution >= 0.6 is 0 Å². The summed E-state index contributed by atoms with van der Waals surface area (Å²) >= 11 is 0. The SMILES string of the molecule is CC=NN.c1ccc2c(c1)[nH]c1cnccc12. The van der Waals surface area contributed by atoms with Crippen molar-refractivity contribution in [2.45, 2.75) is 6.92 Å². The summed E-state index contributed by atoms with van der Waals surface area (Å²) in [5.74, 6) is 4.60. The van der Waals surface area contributed by atoms with Gasteiger partial charge in [0.2, 0.25) is 0 Å². The van der Waals surface area contributed by atoms with Crippen molar-refractivity contribution in [2.24, 2.45) is 10.9 Å². The summed E-state index contributed by atoms with van der Waals surface area (Å²) in [6.07, 6.45) is 5.21. The Bertz CT molecular complexity index is 586. The van der Waals surface area contributed by atoms with Crippen LogP contribution in [-0.4, -0.2) is 16.2 Å². The monoisotopic (exact) mass is 226 g/mol. The van der Waals surface area contributed by atoms with Crippen LogP contribution < -0.4 is 5.84 Å². The predicted molar refractivity (Wildman–Crippen MR) is 72.0 cm³/mol. The van der Waals surface area contributed by atoms with Crippen molar-refractivity contribution >= 4 is 28.0 Å². The minimum atomic E-state index is 1.10. The van der Waals surface area contributed by atoms with E-state index in [1.54, 1.807) is 6.92 Å². The number of fused-ring (bicyclic) bond motifs is 3. The summed E-state index contributed by atoms with van der Waals surface area (Å²) in [6, 6.07) is 10.3. The Balaban J connectivity index is 0.000000239. The van der Waals surface area contributed by atoms with Gasteiger partial charge in [-0.05, 0) is 19.1 Å². The summed E-state index contributed by atoms with van der Waals surface area (Å²) in [4.78, 5) is 7.39. The van der Waals surface area contributed by atoms with E-state index in [9.17, 15) is 0 Å². The second-order valence-corrected chi connectivity index (χ2v) is 3.50. The average molecular weight is 226 g/mol. The van der Waals surface area contributed by atoms with E-state index in [4.69, 9.17) is 0 Å². The third-order valence-electron chi connectivity index (χ3n) is 2.46. The fourth-order valence-corrected chi connectivity index (χ4v) is 1.70. The summed E-state index contributed by atoms with van der Waals surface area (Å²) in [5.41, 5.74) is 2.27. The summed E-state index contributed by atoms with van der Waals surface area (Å²) < 4.78 is 0. The molecule has 3 N–H and O–H groups in total. The number of para-hydroxylation sites is 1. The number of hydrogen-bond acceptors (Lipinski definition) is 3. The van der Waals surface area contributed by atoms with E-state index < -0.39 is 0 Å². The standard InChI is InChI=1S/C11H8N2.C2H6N2/c1-2-4-10-8(3-1)9-5-6-12-7-11(9)13-10;1-2-4-3/h1-7,13H;2H,3H2,1H3. The first-order valence-electron chi connectivity index (χ1n) is 5.35. The van der Waals surface area contributed by atoms with Gasteiger partial charge in [0.25, 0.3) is 0 Å².